The van der Waals surface area contributed by atoms with Crippen molar-refractivity contribution < 1.29 is 4.39 Å². The monoisotopic (exact) mass is 292 g/mol. The van der Waals surface area contributed by atoms with Crippen LogP contribution >= 0.6 is 11.6 Å². The SMILES string of the molecule is Cc1cc(C)c(C(NN)c2ccc(Cl)cc2C)c(F)c1. The Hall–Kier alpha value is -1.42. The smallest absolute Gasteiger partial charge is 0.128 e. The van der Waals surface area contributed by atoms with Crippen molar-refractivity contribution in [2.75, 3.05) is 0 Å². The molecule has 0 heterocycles. The Balaban J connectivity index is 2.58. The number of rotatable bonds is 3. The van der Waals surface area contributed by atoms with Gasteiger partial charge in [0.05, 0.1) is 6.04 Å². The lowest BCUT2D eigenvalue weighted by Gasteiger charge is -2.22. The van der Waals surface area contributed by atoms with Crippen LogP contribution in [0.25, 0.3) is 0 Å². The van der Waals surface area contributed by atoms with Crippen LogP contribution < -0.4 is 11.3 Å². The number of halogens is 2. The van der Waals surface area contributed by atoms with Gasteiger partial charge in [0.2, 0.25) is 0 Å². The van der Waals surface area contributed by atoms with E-state index in [4.69, 9.17) is 17.4 Å². The number of hydrogen-bond donors (Lipinski definition) is 2. The van der Waals surface area contributed by atoms with Gasteiger partial charge in [-0.2, -0.15) is 0 Å². The van der Waals surface area contributed by atoms with Crippen molar-refractivity contribution in [2.45, 2.75) is 26.8 Å². The maximum Gasteiger partial charge on any atom is 0.128 e. The molecule has 0 saturated carbocycles. The van der Waals surface area contributed by atoms with Crippen molar-refractivity contribution >= 4 is 11.6 Å². The molecule has 0 saturated heterocycles. The van der Waals surface area contributed by atoms with E-state index in [9.17, 15) is 4.39 Å². The van der Waals surface area contributed by atoms with Crippen LogP contribution in [-0.4, -0.2) is 0 Å². The summed E-state index contributed by atoms with van der Waals surface area (Å²) < 4.78 is 14.3. The van der Waals surface area contributed by atoms with Crippen molar-refractivity contribution in [1.29, 1.82) is 0 Å². The van der Waals surface area contributed by atoms with Crippen LogP contribution in [0, 0.1) is 26.6 Å². The number of aryl methyl sites for hydroxylation is 3. The lowest BCUT2D eigenvalue weighted by atomic mass is 9.91. The molecule has 0 radical (unpaired) electrons. The fourth-order valence-corrected chi connectivity index (χ4v) is 2.81. The molecule has 0 amide bonds. The third-order valence-corrected chi connectivity index (χ3v) is 3.71. The molecule has 2 rings (SSSR count). The minimum atomic E-state index is -0.395. The first-order chi connectivity index (χ1) is 9.43. The second kappa shape index (κ2) is 5.92. The van der Waals surface area contributed by atoms with Gasteiger partial charge in [-0.3, -0.25) is 5.84 Å². The van der Waals surface area contributed by atoms with Crippen LogP contribution in [0.3, 0.4) is 0 Å². The Morgan fingerprint density at radius 1 is 1.10 bits per heavy atom. The van der Waals surface area contributed by atoms with E-state index in [1.165, 1.54) is 6.07 Å². The molecule has 1 unspecified atom stereocenters. The second-order valence-corrected chi connectivity index (χ2v) is 5.51. The van der Waals surface area contributed by atoms with Crippen molar-refractivity contribution in [3.63, 3.8) is 0 Å². The Kier molecular flexibility index (Phi) is 4.43. The minimum Gasteiger partial charge on any atom is -0.271 e. The fraction of sp³-hybridized carbons (Fsp3) is 0.250. The molecule has 0 fully saturated rings. The summed E-state index contributed by atoms with van der Waals surface area (Å²) in [6.45, 7) is 5.70. The van der Waals surface area contributed by atoms with Gasteiger partial charge in [-0.25, -0.2) is 9.82 Å². The highest BCUT2D eigenvalue weighted by Gasteiger charge is 2.20. The summed E-state index contributed by atoms with van der Waals surface area (Å²) in [6.07, 6.45) is 0. The molecule has 0 aliphatic rings. The van der Waals surface area contributed by atoms with Gasteiger partial charge in [0, 0.05) is 10.6 Å². The molecule has 0 aliphatic heterocycles. The normalized spacial score (nSPS) is 12.5. The fourth-order valence-electron chi connectivity index (χ4n) is 2.58. The maximum atomic E-state index is 14.3. The molecular formula is C16H18ClFN2. The molecule has 20 heavy (non-hydrogen) atoms. The summed E-state index contributed by atoms with van der Waals surface area (Å²) in [4.78, 5) is 0. The van der Waals surface area contributed by atoms with E-state index in [1.807, 2.05) is 39.0 Å². The van der Waals surface area contributed by atoms with Gasteiger partial charge in [-0.15, -0.1) is 0 Å². The molecule has 0 aromatic heterocycles. The van der Waals surface area contributed by atoms with Crippen LogP contribution in [0.5, 0.6) is 0 Å². The summed E-state index contributed by atoms with van der Waals surface area (Å²) in [6, 6.07) is 8.60. The molecule has 2 aromatic rings. The average Bonchev–Trinajstić information content (AvgIpc) is 2.34. The molecule has 4 heteroatoms. The van der Waals surface area contributed by atoms with Crippen LogP contribution in [-0.2, 0) is 0 Å². The van der Waals surface area contributed by atoms with E-state index < -0.39 is 6.04 Å². The average molecular weight is 293 g/mol. The molecule has 1 atom stereocenters. The van der Waals surface area contributed by atoms with E-state index in [-0.39, 0.29) is 5.82 Å². The van der Waals surface area contributed by atoms with Crippen LogP contribution in [0.1, 0.15) is 33.9 Å². The second-order valence-electron chi connectivity index (χ2n) is 5.08. The predicted molar refractivity (Wildman–Crippen MR) is 81.2 cm³/mol. The van der Waals surface area contributed by atoms with Gasteiger partial charge in [-0.05, 0) is 61.2 Å². The van der Waals surface area contributed by atoms with Gasteiger partial charge in [0.15, 0.2) is 0 Å². The van der Waals surface area contributed by atoms with Crippen LogP contribution in [0.15, 0.2) is 30.3 Å². The summed E-state index contributed by atoms with van der Waals surface area (Å²) in [5, 5.41) is 0.656. The molecule has 106 valence electrons. The molecule has 0 aliphatic carbocycles. The first-order valence-electron chi connectivity index (χ1n) is 6.43. The van der Waals surface area contributed by atoms with Crippen molar-refractivity contribution in [3.8, 4) is 0 Å². The highest BCUT2D eigenvalue weighted by molar-refractivity contribution is 6.30. The minimum absolute atomic E-state index is 0.250. The predicted octanol–water partition coefficient (Wildman–Crippen LogP) is 3.96. The zero-order chi connectivity index (χ0) is 14.9. The summed E-state index contributed by atoms with van der Waals surface area (Å²) in [5.41, 5.74) is 6.95. The number of hydrazine groups is 1. The Bertz CT molecular complexity index is 617. The van der Waals surface area contributed by atoms with Crippen LogP contribution in [0.2, 0.25) is 5.02 Å². The Labute approximate surface area is 123 Å². The first kappa shape index (κ1) is 15.0. The van der Waals surface area contributed by atoms with Gasteiger partial charge in [-0.1, -0.05) is 23.7 Å². The van der Waals surface area contributed by atoms with Gasteiger partial charge in [0.1, 0.15) is 5.82 Å². The van der Waals surface area contributed by atoms with E-state index in [0.717, 1.165) is 22.3 Å². The molecule has 0 spiro atoms. The number of hydrogen-bond acceptors (Lipinski definition) is 2. The van der Waals surface area contributed by atoms with E-state index in [1.54, 1.807) is 6.07 Å². The number of nitrogens with one attached hydrogen (secondary N) is 1. The van der Waals surface area contributed by atoms with E-state index >= 15 is 0 Å². The molecule has 0 bridgehead atoms. The standard InChI is InChI=1S/C16H18ClFN2/c1-9-6-11(3)15(14(18)7-9)16(20-19)13-5-4-12(17)8-10(13)2/h4-8,16,20H,19H2,1-3H3. The lowest BCUT2D eigenvalue weighted by Crippen LogP contribution is -2.30. The summed E-state index contributed by atoms with van der Waals surface area (Å²) >= 11 is 5.97. The van der Waals surface area contributed by atoms with Crippen molar-refractivity contribution in [1.82, 2.24) is 5.43 Å². The topological polar surface area (TPSA) is 38.0 Å². The lowest BCUT2D eigenvalue weighted by molar-refractivity contribution is 0.555. The highest BCUT2D eigenvalue weighted by Crippen LogP contribution is 2.30. The largest absolute Gasteiger partial charge is 0.271 e. The van der Waals surface area contributed by atoms with Gasteiger partial charge >= 0.3 is 0 Å². The van der Waals surface area contributed by atoms with E-state index in [0.29, 0.717) is 10.6 Å². The van der Waals surface area contributed by atoms with Gasteiger partial charge in [0.25, 0.3) is 0 Å². The molecule has 2 aromatic carbocycles. The van der Waals surface area contributed by atoms with Crippen molar-refractivity contribution in [3.05, 3.63) is 69.0 Å². The summed E-state index contributed by atoms with van der Waals surface area (Å²) in [5.74, 6) is 5.42. The molecular weight excluding hydrogens is 275 g/mol. The van der Waals surface area contributed by atoms with E-state index in [2.05, 4.69) is 5.43 Å². The zero-order valence-electron chi connectivity index (χ0n) is 11.8. The Morgan fingerprint density at radius 2 is 1.80 bits per heavy atom. The number of nitrogens with two attached hydrogens (primary N) is 1. The van der Waals surface area contributed by atoms with Crippen LogP contribution in [0.4, 0.5) is 4.39 Å². The maximum absolute atomic E-state index is 14.3. The summed E-state index contributed by atoms with van der Waals surface area (Å²) in [7, 11) is 0. The highest BCUT2D eigenvalue weighted by atomic mass is 35.5. The van der Waals surface area contributed by atoms with Gasteiger partial charge < -0.3 is 0 Å². The molecule has 2 nitrogen and oxygen atoms in total. The number of benzene rings is 2. The Morgan fingerprint density at radius 3 is 2.35 bits per heavy atom. The first-order valence-corrected chi connectivity index (χ1v) is 6.80. The van der Waals surface area contributed by atoms with Crippen molar-refractivity contribution in [2.24, 2.45) is 5.84 Å². The third-order valence-electron chi connectivity index (χ3n) is 3.48. The third kappa shape index (κ3) is 2.85. The zero-order valence-corrected chi connectivity index (χ0v) is 12.6. The molecule has 3 N–H and O–H groups in total. The quantitative estimate of drug-likeness (QED) is 0.664.